The van der Waals surface area contributed by atoms with E-state index in [1.807, 2.05) is 43.3 Å². The predicted octanol–water partition coefficient (Wildman–Crippen LogP) is 4.51. The minimum atomic E-state index is 0.269. The van der Waals surface area contributed by atoms with Crippen LogP contribution < -0.4 is 11.1 Å². The summed E-state index contributed by atoms with van der Waals surface area (Å²) in [5.41, 5.74) is 9.97. The quantitative estimate of drug-likeness (QED) is 0.544. The molecule has 5 nitrogen and oxygen atoms in total. The first kappa shape index (κ1) is 16.9. The molecule has 1 aromatic heterocycles. The maximum absolute atomic E-state index is 6.01. The van der Waals surface area contributed by atoms with Gasteiger partial charge >= 0.3 is 0 Å². The average molecular weight is 333 g/mol. The number of nitrogens with zero attached hydrogens (tertiary/aromatic N) is 3. The highest BCUT2D eigenvalue weighted by molar-refractivity contribution is 5.93. The molecule has 0 saturated heterocycles. The lowest BCUT2D eigenvalue weighted by molar-refractivity contribution is 0.734. The Kier molecular flexibility index (Phi) is 4.93. The van der Waals surface area contributed by atoms with E-state index < -0.39 is 0 Å². The van der Waals surface area contributed by atoms with Crippen molar-refractivity contribution >= 4 is 28.5 Å². The third kappa shape index (κ3) is 3.94. The molecule has 2 aromatic carbocycles. The van der Waals surface area contributed by atoms with E-state index in [0.717, 1.165) is 28.7 Å². The number of nitrogens with two attached hydrogens (primary N) is 1. The first-order valence-corrected chi connectivity index (χ1v) is 8.51. The van der Waals surface area contributed by atoms with E-state index in [4.69, 9.17) is 5.73 Å². The maximum atomic E-state index is 6.01. The highest BCUT2D eigenvalue weighted by Crippen LogP contribution is 2.21. The summed E-state index contributed by atoms with van der Waals surface area (Å²) in [7, 11) is 0. The van der Waals surface area contributed by atoms with Gasteiger partial charge in [-0.3, -0.25) is 0 Å². The van der Waals surface area contributed by atoms with Gasteiger partial charge in [0.2, 0.25) is 5.96 Å². The van der Waals surface area contributed by atoms with Gasteiger partial charge in [0, 0.05) is 11.1 Å². The number of fused-ring (bicyclic) bond motifs is 1. The number of aryl methyl sites for hydroxylation is 1. The summed E-state index contributed by atoms with van der Waals surface area (Å²) < 4.78 is 0. The second-order valence-corrected chi connectivity index (χ2v) is 6.18. The van der Waals surface area contributed by atoms with Crippen molar-refractivity contribution in [3.05, 3.63) is 59.8 Å². The summed E-state index contributed by atoms with van der Waals surface area (Å²) in [4.78, 5) is 13.2. The molecule has 25 heavy (non-hydrogen) atoms. The van der Waals surface area contributed by atoms with E-state index in [1.54, 1.807) is 0 Å². The molecule has 0 saturated carbocycles. The van der Waals surface area contributed by atoms with Crippen LogP contribution in [0.5, 0.6) is 0 Å². The van der Waals surface area contributed by atoms with Crippen LogP contribution in [0.3, 0.4) is 0 Å². The molecule has 0 amide bonds. The average Bonchev–Trinajstić information content (AvgIpc) is 2.61. The molecule has 0 aliphatic rings. The number of aromatic nitrogens is 2. The zero-order valence-corrected chi connectivity index (χ0v) is 14.8. The standard InChI is InChI=1S/C20H23N5/c1-4-13(2)15-9-11-16(12-10-15)23-19(21)25-20-22-14(3)17-7-5-6-8-18(17)24-20/h5-13H,4H2,1-3H3,(H3,21,22,23,24,25). The molecule has 5 heteroatoms. The van der Waals surface area contributed by atoms with Crippen LogP contribution in [-0.4, -0.2) is 15.9 Å². The van der Waals surface area contributed by atoms with Crippen LogP contribution in [0.2, 0.25) is 0 Å². The number of benzene rings is 2. The van der Waals surface area contributed by atoms with Crippen LogP contribution in [0.1, 0.15) is 37.4 Å². The number of rotatable bonds is 4. The topological polar surface area (TPSA) is 76.2 Å². The molecule has 0 fully saturated rings. The van der Waals surface area contributed by atoms with Gasteiger partial charge in [-0.1, -0.05) is 44.2 Å². The minimum Gasteiger partial charge on any atom is -0.369 e. The van der Waals surface area contributed by atoms with Crippen LogP contribution in [0.4, 0.5) is 11.6 Å². The van der Waals surface area contributed by atoms with Crippen molar-refractivity contribution in [2.75, 3.05) is 5.32 Å². The van der Waals surface area contributed by atoms with Gasteiger partial charge in [0.1, 0.15) is 0 Å². The van der Waals surface area contributed by atoms with Gasteiger partial charge in [-0.25, -0.2) is 9.97 Å². The Bertz CT molecular complexity index is 900. The summed E-state index contributed by atoms with van der Waals surface area (Å²) in [6.07, 6.45) is 1.12. The van der Waals surface area contributed by atoms with Crippen molar-refractivity contribution in [2.45, 2.75) is 33.1 Å². The van der Waals surface area contributed by atoms with Gasteiger partial charge < -0.3 is 11.1 Å². The van der Waals surface area contributed by atoms with Gasteiger partial charge in [-0.15, -0.1) is 0 Å². The molecule has 0 spiro atoms. The van der Waals surface area contributed by atoms with Crippen molar-refractivity contribution in [1.82, 2.24) is 9.97 Å². The summed E-state index contributed by atoms with van der Waals surface area (Å²) in [5, 5.41) is 4.11. The Morgan fingerprint density at radius 2 is 1.84 bits per heavy atom. The Labute approximate surface area is 148 Å². The van der Waals surface area contributed by atoms with Crippen LogP contribution in [0.15, 0.2) is 53.5 Å². The van der Waals surface area contributed by atoms with Crippen molar-refractivity contribution in [3.8, 4) is 0 Å². The third-order valence-electron chi connectivity index (χ3n) is 4.37. The van der Waals surface area contributed by atoms with E-state index in [9.17, 15) is 0 Å². The second-order valence-electron chi connectivity index (χ2n) is 6.18. The van der Waals surface area contributed by atoms with Gasteiger partial charge in [-0.05, 0) is 43.0 Å². The number of anilines is 1. The van der Waals surface area contributed by atoms with Crippen LogP contribution in [0, 0.1) is 6.92 Å². The summed E-state index contributed by atoms with van der Waals surface area (Å²) in [5.74, 6) is 1.18. The number of aliphatic imine (C=N–C) groups is 1. The van der Waals surface area contributed by atoms with Crippen LogP contribution in [-0.2, 0) is 0 Å². The normalized spacial score (nSPS) is 13.0. The monoisotopic (exact) mass is 333 g/mol. The molecule has 1 atom stereocenters. The van der Waals surface area contributed by atoms with E-state index in [2.05, 4.69) is 46.3 Å². The highest BCUT2D eigenvalue weighted by Gasteiger charge is 2.05. The predicted molar refractivity (Wildman–Crippen MR) is 104 cm³/mol. The van der Waals surface area contributed by atoms with Crippen molar-refractivity contribution < 1.29 is 0 Å². The molecular weight excluding hydrogens is 310 g/mol. The fraction of sp³-hybridized carbons (Fsp3) is 0.250. The minimum absolute atomic E-state index is 0.269. The largest absolute Gasteiger partial charge is 0.369 e. The van der Waals surface area contributed by atoms with Crippen LogP contribution >= 0.6 is 0 Å². The SMILES string of the molecule is CCC(C)c1ccc(NC(N)=Nc2nc(C)c3ccccc3n2)cc1. The highest BCUT2D eigenvalue weighted by atomic mass is 15.2. The molecular formula is C20H23N5. The van der Waals surface area contributed by atoms with Gasteiger partial charge in [0.15, 0.2) is 0 Å². The molecule has 0 radical (unpaired) electrons. The molecule has 0 bridgehead atoms. The lowest BCUT2D eigenvalue weighted by Gasteiger charge is -2.10. The number of hydrogen-bond donors (Lipinski definition) is 2. The van der Waals surface area contributed by atoms with Gasteiger partial charge in [-0.2, -0.15) is 4.99 Å². The summed E-state index contributed by atoms with van der Waals surface area (Å²) in [6, 6.07) is 16.1. The maximum Gasteiger partial charge on any atom is 0.253 e. The third-order valence-corrected chi connectivity index (χ3v) is 4.37. The Balaban J connectivity index is 1.80. The Hall–Kier alpha value is -2.95. The van der Waals surface area contributed by atoms with E-state index in [0.29, 0.717) is 11.9 Å². The Morgan fingerprint density at radius 3 is 2.56 bits per heavy atom. The van der Waals surface area contributed by atoms with Crippen molar-refractivity contribution in [2.24, 2.45) is 10.7 Å². The molecule has 128 valence electrons. The fourth-order valence-electron chi connectivity index (χ4n) is 2.68. The molecule has 1 heterocycles. The van der Waals surface area contributed by atoms with Crippen molar-refractivity contribution in [1.29, 1.82) is 0 Å². The molecule has 0 aliphatic heterocycles. The molecule has 3 N–H and O–H groups in total. The molecule has 1 unspecified atom stereocenters. The number of nitrogens with one attached hydrogen (secondary N) is 1. The molecule has 3 rings (SSSR count). The van der Waals surface area contributed by atoms with E-state index in [1.165, 1.54) is 5.56 Å². The number of para-hydroxylation sites is 1. The van der Waals surface area contributed by atoms with E-state index in [-0.39, 0.29) is 5.96 Å². The smallest absolute Gasteiger partial charge is 0.253 e. The van der Waals surface area contributed by atoms with Gasteiger partial charge in [0.25, 0.3) is 5.95 Å². The molecule has 3 aromatic rings. The van der Waals surface area contributed by atoms with Crippen LogP contribution in [0.25, 0.3) is 10.9 Å². The zero-order valence-electron chi connectivity index (χ0n) is 14.8. The van der Waals surface area contributed by atoms with E-state index >= 15 is 0 Å². The Morgan fingerprint density at radius 1 is 1.12 bits per heavy atom. The summed E-state index contributed by atoms with van der Waals surface area (Å²) >= 11 is 0. The first-order valence-electron chi connectivity index (χ1n) is 8.51. The lowest BCUT2D eigenvalue weighted by atomic mass is 9.99. The number of hydrogen-bond acceptors (Lipinski definition) is 3. The number of guanidine groups is 1. The van der Waals surface area contributed by atoms with Crippen molar-refractivity contribution in [3.63, 3.8) is 0 Å². The first-order chi connectivity index (χ1) is 12.1. The molecule has 0 aliphatic carbocycles. The summed E-state index contributed by atoms with van der Waals surface area (Å²) in [6.45, 7) is 6.35. The lowest BCUT2D eigenvalue weighted by Crippen LogP contribution is -2.22. The second kappa shape index (κ2) is 7.30. The zero-order chi connectivity index (χ0) is 17.8. The van der Waals surface area contributed by atoms with Gasteiger partial charge in [0.05, 0.1) is 11.2 Å². The fourth-order valence-corrected chi connectivity index (χ4v) is 2.68.